The third-order valence-corrected chi connectivity index (χ3v) is 3.39. The largest absolute Gasteiger partial charge is 0.481 e. The van der Waals surface area contributed by atoms with Gasteiger partial charge in [-0.05, 0) is 38.2 Å². The van der Waals surface area contributed by atoms with Gasteiger partial charge in [-0.2, -0.15) is 5.26 Å². The molecular formula is C16H21NO2. The van der Waals surface area contributed by atoms with Gasteiger partial charge in [0, 0.05) is 0 Å². The summed E-state index contributed by atoms with van der Waals surface area (Å²) >= 11 is 0. The molecule has 0 saturated carbocycles. The molecule has 1 aromatic rings. The molecule has 2 unspecified atom stereocenters. The summed E-state index contributed by atoms with van der Waals surface area (Å²) in [5.41, 5.74) is 0.664. The number of carbonyl (C=O) groups is 1. The van der Waals surface area contributed by atoms with Gasteiger partial charge in [0.25, 0.3) is 0 Å². The van der Waals surface area contributed by atoms with Crippen molar-refractivity contribution in [1.82, 2.24) is 0 Å². The Morgan fingerprint density at radius 2 is 1.95 bits per heavy atom. The van der Waals surface area contributed by atoms with Gasteiger partial charge in [0.2, 0.25) is 0 Å². The lowest BCUT2D eigenvalue weighted by molar-refractivity contribution is -0.141. The molecule has 0 aliphatic heterocycles. The monoisotopic (exact) mass is 259 g/mol. The average Bonchev–Trinajstić information content (AvgIpc) is 2.38. The van der Waals surface area contributed by atoms with Crippen LogP contribution in [-0.2, 0) is 4.79 Å². The maximum Gasteiger partial charge on any atom is 0.306 e. The molecule has 0 saturated heterocycles. The summed E-state index contributed by atoms with van der Waals surface area (Å²) in [6.45, 7) is 5.51. The molecule has 1 aromatic carbocycles. The Kier molecular flexibility index (Phi) is 5.11. The number of nitriles is 1. The van der Waals surface area contributed by atoms with Crippen LogP contribution in [0.15, 0.2) is 30.3 Å². The molecule has 1 rings (SSSR count). The van der Waals surface area contributed by atoms with Crippen molar-refractivity contribution in [3.05, 3.63) is 35.9 Å². The Morgan fingerprint density at radius 3 is 2.42 bits per heavy atom. The van der Waals surface area contributed by atoms with Gasteiger partial charge < -0.3 is 5.11 Å². The van der Waals surface area contributed by atoms with E-state index < -0.39 is 17.3 Å². The van der Waals surface area contributed by atoms with E-state index in [-0.39, 0.29) is 5.92 Å². The first-order valence-electron chi connectivity index (χ1n) is 6.55. The maximum absolute atomic E-state index is 11.0. The molecule has 19 heavy (non-hydrogen) atoms. The van der Waals surface area contributed by atoms with Crippen molar-refractivity contribution in [2.75, 3.05) is 0 Å². The van der Waals surface area contributed by atoms with Crippen LogP contribution in [0.4, 0.5) is 0 Å². The van der Waals surface area contributed by atoms with E-state index in [1.165, 1.54) is 0 Å². The molecule has 1 N–H and O–H groups in total. The first-order chi connectivity index (χ1) is 8.85. The van der Waals surface area contributed by atoms with Crippen LogP contribution in [0.25, 0.3) is 0 Å². The minimum absolute atomic E-state index is 0.0990. The maximum atomic E-state index is 11.0. The van der Waals surface area contributed by atoms with E-state index in [0.29, 0.717) is 12.8 Å². The summed E-state index contributed by atoms with van der Waals surface area (Å²) < 4.78 is 0. The molecule has 0 aromatic heterocycles. The Bertz CT molecular complexity index is 459. The third kappa shape index (κ3) is 4.75. The smallest absolute Gasteiger partial charge is 0.306 e. The van der Waals surface area contributed by atoms with E-state index in [4.69, 9.17) is 10.4 Å². The summed E-state index contributed by atoms with van der Waals surface area (Å²) in [4.78, 5) is 11.0. The standard InChI is InChI=1S/C16H21NO2/c1-12(15(18)19)9-14(10-16(2,3)11-17)13-7-5-4-6-8-13/h4-8,12,14H,9-10H2,1-3H3,(H,18,19). The second-order valence-corrected chi connectivity index (χ2v) is 5.78. The number of benzene rings is 1. The van der Waals surface area contributed by atoms with E-state index in [1.807, 2.05) is 44.2 Å². The molecule has 0 amide bonds. The Balaban J connectivity index is 2.92. The summed E-state index contributed by atoms with van der Waals surface area (Å²) in [6, 6.07) is 12.2. The number of carboxylic acids is 1. The van der Waals surface area contributed by atoms with E-state index in [1.54, 1.807) is 6.92 Å². The zero-order chi connectivity index (χ0) is 14.5. The molecule has 2 atom stereocenters. The Labute approximate surface area is 114 Å². The van der Waals surface area contributed by atoms with Crippen LogP contribution >= 0.6 is 0 Å². The molecule has 0 bridgehead atoms. The van der Waals surface area contributed by atoms with E-state index in [0.717, 1.165) is 5.56 Å². The van der Waals surface area contributed by atoms with Crippen LogP contribution in [0.3, 0.4) is 0 Å². The van der Waals surface area contributed by atoms with Crippen LogP contribution in [0.2, 0.25) is 0 Å². The third-order valence-electron chi connectivity index (χ3n) is 3.39. The quantitative estimate of drug-likeness (QED) is 0.844. The van der Waals surface area contributed by atoms with Crippen molar-refractivity contribution in [3.63, 3.8) is 0 Å². The lowest BCUT2D eigenvalue weighted by Crippen LogP contribution is -2.19. The number of carboxylic acid groups (broad SMARTS) is 1. The number of rotatable bonds is 6. The summed E-state index contributed by atoms with van der Waals surface area (Å²) in [7, 11) is 0. The molecule has 3 nitrogen and oxygen atoms in total. The van der Waals surface area contributed by atoms with Gasteiger partial charge >= 0.3 is 5.97 Å². The van der Waals surface area contributed by atoms with E-state index >= 15 is 0 Å². The number of hydrogen-bond acceptors (Lipinski definition) is 2. The first-order valence-corrected chi connectivity index (χ1v) is 6.55. The van der Waals surface area contributed by atoms with Crippen molar-refractivity contribution in [2.45, 2.75) is 39.5 Å². The fourth-order valence-corrected chi connectivity index (χ4v) is 2.25. The van der Waals surface area contributed by atoms with Crippen LogP contribution in [0.5, 0.6) is 0 Å². The second kappa shape index (κ2) is 6.38. The number of nitrogens with zero attached hydrogens (tertiary/aromatic N) is 1. The van der Waals surface area contributed by atoms with Gasteiger partial charge in [-0.15, -0.1) is 0 Å². The topological polar surface area (TPSA) is 61.1 Å². The van der Waals surface area contributed by atoms with Crippen molar-refractivity contribution >= 4 is 5.97 Å². The molecule has 102 valence electrons. The summed E-state index contributed by atoms with van der Waals surface area (Å²) in [6.07, 6.45) is 1.23. The van der Waals surface area contributed by atoms with E-state index in [9.17, 15) is 4.79 Å². The van der Waals surface area contributed by atoms with Crippen molar-refractivity contribution in [1.29, 1.82) is 5.26 Å². The summed E-state index contributed by atoms with van der Waals surface area (Å²) in [5, 5.41) is 18.2. The molecule has 3 heteroatoms. The van der Waals surface area contributed by atoms with Gasteiger partial charge in [0.1, 0.15) is 0 Å². The van der Waals surface area contributed by atoms with Gasteiger partial charge in [-0.25, -0.2) is 0 Å². The molecule has 0 spiro atoms. The molecule has 0 aliphatic rings. The highest BCUT2D eigenvalue weighted by Crippen LogP contribution is 2.35. The van der Waals surface area contributed by atoms with Gasteiger partial charge in [0.05, 0.1) is 17.4 Å². The van der Waals surface area contributed by atoms with Gasteiger partial charge in [-0.3, -0.25) is 4.79 Å². The summed E-state index contributed by atoms with van der Waals surface area (Å²) in [5.74, 6) is -1.09. The fourth-order valence-electron chi connectivity index (χ4n) is 2.25. The number of aliphatic carboxylic acids is 1. The highest BCUT2D eigenvalue weighted by Gasteiger charge is 2.27. The van der Waals surface area contributed by atoms with Gasteiger partial charge in [0.15, 0.2) is 0 Å². The minimum atomic E-state index is -0.782. The lowest BCUT2D eigenvalue weighted by Gasteiger charge is -2.25. The molecule has 0 radical (unpaired) electrons. The average molecular weight is 259 g/mol. The predicted molar refractivity (Wildman–Crippen MR) is 74.6 cm³/mol. The van der Waals surface area contributed by atoms with Crippen molar-refractivity contribution < 1.29 is 9.90 Å². The van der Waals surface area contributed by atoms with Crippen LogP contribution in [0, 0.1) is 22.7 Å². The normalized spacial score (nSPS) is 14.4. The zero-order valence-electron chi connectivity index (χ0n) is 11.8. The zero-order valence-corrected chi connectivity index (χ0v) is 11.8. The Morgan fingerprint density at radius 1 is 1.37 bits per heavy atom. The van der Waals surface area contributed by atoms with Crippen molar-refractivity contribution in [3.8, 4) is 6.07 Å². The highest BCUT2D eigenvalue weighted by molar-refractivity contribution is 5.69. The molecule has 0 fully saturated rings. The van der Waals surface area contributed by atoms with Crippen LogP contribution in [-0.4, -0.2) is 11.1 Å². The minimum Gasteiger partial charge on any atom is -0.481 e. The van der Waals surface area contributed by atoms with Crippen LogP contribution in [0.1, 0.15) is 45.1 Å². The number of hydrogen-bond donors (Lipinski definition) is 1. The Hall–Kier alpha value is -1.82. The fraction of sp³-hybridized carbons (Fsp3) is 0.500. The lowest BCUT2D eigenvalue weighted by atomic mass is 9.77. The van der Waals surface area contributed by atoms with Crippen LogP contribution < -0.4 is 0 Å². The van der Waals surface area contributed by atoms with Gasteiger partial charge in [-0.1, -0.05) is 37.3 Å². The highest BCUT2D eigenvalue weighted by atomic mass is 16.4. The second-order valence-electron chi connectivity index (χ2n) is 5.78. The SMILES string of the molecule is CC(CC(CC(C)(C)C#N)c1ccccc1)C(=O)O. The first kappa shape index (κ1) is 15.2. The molecule has 0 heterocycles. The predicted octanol–water partition coefficient (Wildman–Crippen LogP) is 3.82. The van der Waals surface area contributed by atoms with E-state index in [2.05, 4.69) is 6.07 Å². The molecular weight excluding hydrogens is 238 g/mol. The van der Waals surface area contributed by atoms with Crippen molar-refractivity contribution in [2.24, 2.45) is 11.3 Å². The molecule has 0 aliphatic carbocycles.